The number of halogens is 1. The molecule has 0 unspecified atom stereocenters. The highest BCUT2D eigenvalue weighted by Crippen LogP contribution is 2.49. The highest BCUT2D eigenvalue weighted by molar-refractivity contribution is 4.96. The van der Waals surface area contributed by atoms with Gasteiger partial charge < -0.3 is 0 Å². The Hall–Kier alpha value is -0.110. The molecular formula is C7H11FO. The van der Waals surface area contributed by atoms with Gasteiger partial charge in [-0.1, -0.05) is 0 Å². The third-order valence-electron chi connectivity index (χ3n) is 2.84. The largest absolute Gasteiger partial charge is 0.188 e. The summed E-state index contributed by atoms with van der Waals surface area (Å²) < 4.78 is 11.9. The van der Waals surface area contributed by atoms with Crippen molar-refractivity contribution in [3.8, 4) is 0 Å². The molecule has 1 nitrogen and oxygen atoms in total. The van der Waals surface area contributed by atoms with Gasteiger partial charge in [0.25, 0.3) is 0 Å². The predicted octanol–water partition coefficient (Wildman–Crippen LogP) is 2.22. The highest BCUT2D eigenvalue weighted by Gasteiger charge is 2.46. The van der Waals surface area contributed by atoms with Gasteiger partial charge in [-0.05, 0) is 42.5 Å². The topological polar surface area (TPSA) is 9.23 Å². The van der Waals surface area contributed by atoms with Crippen LogP contribution in [0.3, 0.4) is 0 Å². The van der Waals surface area contributed by atoms with Crippen LogP contribution in [0.25, 0.3) is 0 Å². The molecule has 0 heterocycles. The smallest absolute Gasteiger partial charge is 0.109 e. The third kappa shape index (κ3) is 0.692. The Kier molecular flexibility index (Phi) is 1.06. The van der Waals surface area contributed by atoms with Gasteiger partial charge in [0, 0.05) is 0 Å². The Morgan fingerprint density at radius 3 is 2.22 bits per heavy atom. The fourth-order valence-corrected chi connectivity index (χ4v) is 2.25. The Balaban J connectivity index is 2.13. The average molecular weight is 130 g/mol. The first-order valence-corrected chi connectivity index (χ1v) is 3.64. The maximum atomic E-state index is 11.9. The summed E-state index contributed by atoms with van der Waals surface area (Å²) in [5, 5.41) is 0. The van der Waals surface area contributed by atoms with Gasteiger partial charge in [-0.25, -0.2) is 0 Å². The maximum Gasteiger partial charge on any atom is 0.109 e. The highest BCUT2D eigenvalue weighted by atomic mass is 19.3. The summed E-state index contributed by atoms with van der Waals surface area (Å²) in [7, 11) is 0. The zero-order valence-corrected chi connectivity index (χ0v) is 5.40. The molecule has 2 heteroatoms. The van der Waals surface area contributed by atoms with Crippen molar-refractivity contribution in [1.29, 1.82) is 0 Å². The van der Waals surface area contributed by atoms with Crippen LogP contribution in [0.4, 0.5) is 4.53 Å². The van der Waals surface area contributed by atoms with Crippen molar-refractivity contribution in [2.24, 2.45) is 5.92 Å². The third-order valence-corrected chi connectivity index (χ3v) is 2.84. The molecule has 0 aromatic heterocycles. The van der Waals surface area contributed by atoms with Crippen LogP contribution in [0, 0.1) is 5.92 Å². The molecule has 2 rings (SSSR count). The van der Waals surface area contributed by atoms with Gasteiger partial charge in [-0.2, -0.15) is 4.94 Å². The molecule has 0 aliphatic heterocycles. The Labute approximate surface area is 54.1 Å². The fraction of sp³-hybridized carbons (Fsp3) is 1.00. The maximum absolute atomic E-state index is 11.9. The summed E-state index contributed by atoms with van der Waals surface area (Å²) in [4.78, 5) is 3.99. The molecule has 2 aliphatic rings. The molecule has 2 bridgehead atoms. The van der Waals surface area contributed by atoms with E-state index >= 15 is 0 Å². The molecule has 0 N–H and O–H groups in total. The summed E-state index contributed by atoms with van der Waals surface area (Å²) in [6, 6.07) is 0. The lowest BCUT2D eigenvalue weighted by Crippen LogP contribution is -2.22. The van der Waals surface area contributed by atoms with Crippen molar-refractivity contribution < 1.29 is 9.47 Å². The minimum Gasteiger partial charge on any atom is -0.188 e. The minimum atomic E-state index is -0.315. The minimum absolute atomic E-state index is 0.315. The van der Waals surface area contributed by atoms with Gasteiger partial charge in [0.05, 0.1) is 0 Å². The molecule has 0 aromatic carbocycles. The Morgan fingerprint density at radius 2 is 2.00 bits per heavy atom. The zero-order valence-electron chi connectivity index (χ0n) is 5.40. The van der Waals surface area contributed by atoms with Crippen molar-refractivity contribution >= 4 is 0 Å². The van der Waals surface area contributed by atoms with Crippen LogP contribution < -0.4 is 0 Å². The predicted molar refractivity (Wildman–Crippen MR) is 31.5 cm³/mol. The number of hydrogen-bond acceptors (Lipinski definition) is 1. The van der Waals surface area contributed by atoms with E-state index in [4.69, 9.17) is 0 Å². The van der Waals surface area contributed by atoms with Crippen LogP contribution in [-0.2, 0) is 4.94 Å². The molecule has 0 spiro atoms. The van der Waals surface area contributed by atoms with E-state index in [2.05, 4.69) is 4.94 Å². The quantitative estimate of drug-likeness (QED) is 0.528. The van der Waals surface area contributed by atoms with E-state index in [1.54, 1.807) is 0 Å². The van der Waals surface area contributed by atoms with Gasteiger partial charge in [0.2, 0.25) is 0 Å². The van der Waals surface area contributed by atoms with Gasteiger partial charge in [-0.3, -0.25) is 0 Å². The summed E-state index contributed by atoms with van der Waals surface area (Å²) >= 11 is 0. The fourth-order valence-electron chi connectivity index (χ4n) is 2.25. The molecule has 0 amide bonds. The van der Waals surface area contributed by atoms with E-state index in [-0.39, 0.29) is 5.60 Å². The summed E-state index contributed by atoms with van der Waals surface area (Å²) in [6.07, 6.45) is 5.25. The van der Waals surface area contributed by atoms with Gasteiger partial charge in [0.1, 0.15) is 5.60 Å². The van der Waals surface area contributed by atoms with E-state index in [9.17, 15) is 4.53 Å². The van der Waals surface area contributed by atoms with E-state index in [1.807, 2.05) is 0 Å². The van der Waals surface area contributed by atoms with Crippen LogP contribution in [0.2, 0.25) is 0 Å². The lowest BCUT2D eigenvalue weighted by atomic mass is 9.98. The van der Waals surface area contributed by atoms with Crippen LogP contribution >= 0.6 is 0 Å². The SMILES string of the molecule is FOC12CCC(CC1)C2. The van der Waals surface area contributed by atoms with E-state index in [0.717, 1.165) is 25.2 Å². The Bertz CT molecular complexity index is 116. The number of fused-ring (bicyclic) bond motifs is 2. The first kappa shape index (κ1) is 5.66. The van der Waals surface area contributed by atoms with Gasteiger partial charge >= 0.3 is 0 Å². The van der Waals surface area contributed by atoms with Gasteiger partial charge in [0.15, 0.2) is 0 Å². The molecule has 2 aliphatic carbocycles. The van der Waals surface area contributed by atoms with Crippen LogP contribution in [0.5, 0.6) is 0 Å². The van der Waals surface area contributed by atoms with E-state index in [0.29, 0.717) is 0 Å². The monoisotopic (exact) mass is 130 g/mol. The molecule has 0 saturated heterocycles. The average Bonchev–Trinajstić information content (AvgIpc) is 2.46. The molecular weight excluding hydrogens is 119 g/mol. The van der Waals surface area contributed by atoms with Gasteiger partial charge in [-0.15, -0.1) is 0 Å². The number of rotatable bonds is 1. The van der Waals surface area contributed by atoms with Crippen molar-refractivity contribution in [3.05, 3.63) is 0 Å². The zero-order chi connectivity index (χ0) is 6.32. The van der Waals surface area contributed by atoms with Crippen molar-refractivity contribution in [3.63, 3.8) is 0 Å². The molecule has 0 aromatic rings. The summed E-state index contributed by atoms with van der Waals surface area (Å²) in [5.74, 6) is 0.778. The number of hydrogen-bond donors (Lipinski definition) is 0. The summed E-state index contributed by atoms with van der Waals surface area (Å²) in [5.41, 5.74) is -0.315. The van der Waals surface area contributed by atoms with Crippen LogP contribution in [0.15, 0.2) is 0 Å². The standard InChI is InChI=1S/C7H11FO/c8-9-7-3-1-6(5-7)2-4-7/h6H,1-5H2. The molecule has 9 heavy (non-hydrogen) atoms. The summed E-state index contributed by atoms with van der Waals surface area (Å²) in [6.45, 7) is 0. The molecule has 2 saturated carbocycles. The van der Waals surface area contributed by atoms with Crippen molar-refractivity contribution in [2.75, 3.05) is 0 Å². The van der Waals surface area contributed by atoms with Crippen molar-refractivity contribution in [2.45, 2.75) is 37.7 Å². The second-order valence-electron chi connectivity index (χ2n) is 3.41. The second-order valence-corrected chi connectivity index (χ2v) is 3.41. The van der Waals surface area contributed by atoms with E-state index in [1.165, 1.54) is 12.8 Å². The first-order valence-electron chi connectivity index (χ1n) is 3.64. The van der Waals surface area contributed by atoms with Crippen LogP contribution in [-0.4, -0.2) is 5.60 Å². The molecule has 0 atom stereocenters. The first-order chi connectivity index (χ1) is 4.35. The lowest BCUT2D eigenvalue weighted by Gasteiger charge is -2.19. The van der Waals surface area contributed by atoms with Crippen LogP contribution in [0.1, 0.15) is 32.1 Å². The second kappa shape index (κ2) is 1.69. The lowest BCUT2D eigenvalue weighted by molar-refractivity contribution is -0.231. The Morgan fingerprint density at radius 1 is 1.33 bits per heavy atom. The molecule has 0 radical (unpaired) electrons. The normalized spacial score (nSPS) is 48.3. The van der Waals surface area contributed by atoms with Crippen molar-refractivity contribution in [1.82, 2.24) is 0 Å². The molecule has 52 valence electrons. The molecule has 2 fully saturated rings. The van der Waals surface area contributed by atoms with E-state index < -0.39 is 0 Å².